The monoisotopic (exact) mass is 309 g/mol. The fraction of sp³-hybridized carbons (Fsp3) is 0.833. The number of ether oxygens (including phenoxy) is 1. The van der Waals surface area contributed by atoms with Gasteiger partial charge in [0.25, 0.3) is 0 Å². The number of aliphatic carboxylic acids is 1. The second-order valence-electron chi connectivity index (χ2n) is 4.74. The average molecular weight is 309 g/mol. The van der Waals surface area contributed by atoms with Crippen molar-refractivity contribution in [2.24, 2.45) is 0 Å². The highest BCUT2D eigenvalue weighted by atomic mass is 32.2. The van der Waals surface area contributed by atoms with Crippen molar-refractivity contribution in [3.05, 3.63) is 0 Å². The summed E-state index contributed by atoms with van der Waals surface area (Å²) in [6, 6.07) is -0.397. The summed E-state index contributed by atoms with van der Waals surface area (Å²) < 4.78 is 29.5. The Kier molecular flexibility index (Phi) is 8.40. The molecule has 0 rings (SSSR count). The molecule has 0 aliphatic carbocycles. The topological polar surface area (TPSA) is 101 Å². The number of nitrogens with zero attached hydrogens (tertiary/aromatic N) is 1. The van der Waals surface area contributed by atoms with Crippen molar-refractivity contribution in [1.82, 2.24) is 4.31 Å². The molecule has 0 aliphatic rings. The molecule has 7 nitrogen and oxygen atoms in total. The van der Waals surface area contributed by atoms with Crippen LogP contribution in [0.4, 0.5) is 0 Å². The van der Waals surface area contributed by atoms with Crippen LogP contribution in [0.1, 0.15) is 39.5 Å². The summed E-state index contributed by atoms with van der Waals surface area (Å²) in [5, 5.41) is 8.74. The zero-order valence-corrected chi connectivity index (χ0v) is 13.0. The van der Waals surface area contributed by atoms with Crippen molar-refractivity contribution in [2.45, 2.75) is 45.6 Å². The summed E-state index contributed by atoms with van der Waals surface area (Å²) in [6.45, 7) is 2.75. The van der Waals surface area contributed by atoms with Crippen LogP contribution in [0.5, 0.6) is 0 Å². The summed E-state index contributed by atoms with van der Waals surface area (Å²) >= 11 is 0. The zero-order chi connectivity index (χ0) is 15.8. The van der Waals surface area contributed by atoms with Crippen LogP contribution >= 0.6 is 0 Å². The molecule has 0 atom stereocenters. The standard InChI is InChI=1S/C12H23NO6S/c1-10(2)13(9-11(14)15)20(17,18)8-6-4-5-7-12(16)19-3/h10H,4-9H2,1-3H3,(H,14,15). The van der Waals surface area contributed by atoms with E-state index >= 15 is 0 Å². The van der Waals surface area contributed by atoms with Gasteiger partial charge < -0.3 is 9.84 Å². The fourth-order valence-electron chi connectivity index (χ4n) is 1.69. The van der Waals surface area contributed by atoms with Crippen LogP contribution in [0.3, 0.4) is 0 Å². The highest BCUT2D eigenvalue weighted by molar-refractivity contribution is 7.89. The number of methoxy groups -OCH3 is 1. The van der Waals surface area contributed by atoms with E-state index in [2.05, 4.69) is 4.74 Å². The van der Waals surface area contributed by atoms with E-state index in [9.17, 15) is 18.0 Å². The van der Waals surface area contributed by atoms with E-state index in [0.29, 0.717) is 19.3 Å². The van der Waals surface area contributed by atoms with Crippen molar-refractivity contribution < 1.29 is 27.9 Å². The lowest BCUT2D eigenvalue weighted by Crippen LogP contribution is -2.41. The third-order valence-corrected chi connectivity index (χ3v) is 4.81. The second-order valence-corrected chi connectivity index (χ2v) is 6.78. The van der Waals surface area contributed by atoms with Crippen LogP contribution in [0.2, 0.25) is 0 Å². The van der Waals surface area contributed by atoms with Gasteiger partial charge in [-0.15, -0.1) is 0 Å². The molecule has 0 saturated carbocycles. The van der Waals surface area contributed by atoms with Gasteiger partial charge >= 0.3 is 11.9 Å². The lowest BCUT2D eigenvalue weighted by molar-refractivity contribution is -0.141. The molecular weight excluding hydrogens is 286 g/mol. The van der Waals surface area contributed by atoms with Gasteiger partial charge in [-0.05, 0) is 26.7 Å². The first-order valence-electron chi connectivity index (χ1n) is 6.49. The van der Waals surface area contributed by atoms with Gasteiger partial charge in [-0.1, -0.05) is 6.42 Å². The van der Waals surface area contributed by atoms with E-state index < -0.39 is 28.6 Å². The summed E-state index contributed by atoms with van der Waals surface area (Å²) in [5.41, 5.74) is 0. The lowest BCUT2D eigenvalue weighted by Gasteiger charge is -2.24. The molecule has 0 unspecified atom stereocenters. The molecule has 0 heterocycles. The van der Waals surface area contributed by atoms with Gasteiger partial charge in [0.15, 0.2) is 0 Å². The van der Waals surface area contributed by atoms with E-state index in [1.165, 1.54) is 7.11 Å². The molecule has 0 aliphatic heterocycles. The van der Waals surface area contributed by atoms with Crippen molar-refractivity contribution in [2.75, 3.05) is 19.4 Å². The summed E-state index contributed by atoms with van der Waals surface area (Å²) in [7, 11) is -2.28. The summed E-state index contributed by atoms with van der Waals surface area (Å²) in [4.78, 5) is 21.6. The third kappa shape index (κ3) is 7.44. The van der Waals surface area contributed by atoms with Crippen LogP contribution < -0.4 is 0 Å². The lowest BCUT2D eigenvalue weighted by atomic mass is 10.2. The highest BCUT2D eigenvalue weighted by Gasteiger charge is 2.26. The minimum Gasteiger partial charge on any atom is -0.480 e. The molecule has 0 saturated heterocycles. The number of carbonyl (C=O) groups is 2. The number of unbranched alkanes of at least 4 members (excludes halogenated alkanes) is 2. The van der Waals surface area contributed by atoms with Crippen molar-refractivity contribution >= 4 is 22.0 Å². The largest absolute Gasteiger partial charge is 0.480 e. The minimum atomic E-state index is -3.59. The number of rotatable bonds is 10. The van der Waals surface area contributed by atoms with Crippen LogP contribution in [0, 0.1) is 0 Å². The maximum Gasteiger partial charge on any atom is 0.318 e. The molecule has 0 fully saturated rings. The highest BCUT2D eigenvalue weighted by Crippen LogP contribution is 2.11. The zero-order valence-electron chi connectivity index (χ0n) is 12.2. The molecule has 0 aromatic heterocycles. The quantitative estimate of drug-likeness (QED) is 0.474. The number of carboxylic acids is 1. The first-order chi connectivity index (χ1) is 9.20. The van der Waals surface area contributed by atoms with E-state index in [0.717, 1.165) is 4.31 Å². The van der Waals surface area contributed by atoms with Crippen LogP contribution in [0.15, 0.2) is 0 Å². The number of carbonyl (C=O) groups excluding carboxylic acids is 1. The Labute approximate surface area is 120 Å². The molecule has 118 valence electrons. The van der Waals surface area contributed by atoms with Gasteiger partial charge in [-0.3, -0.25) is 9.59 Å². The Morgan fingerprint density at radius 2 is 1.80 bits per heavy atom. The van der Waals surface area contributed by atoms with Gasteiger partial charge in [-0.25, -0.2) is 8.42 Å². The van der Waals surface area contributed by atoms with Gasteiger partial charge in [-0.2, -0.15) is 4.31 Å². The molecule has 0 bridgehead atoms. The van der Waals surface area contributed by atoms with Gasteiger partial charge in [0.1, 0.15) is 6.54 Å². The molecule has 1 N–H and O–H groups in total. The van der Waals surface area contributed by atoms with Gasteiger partial charge in [0, 0.05) is 12.5 Å². The van der Waals surface area contributed by atoms with E-state index in [1.807, 2.05) is 0 Å². The second kappa shape index (κ2) is 8.91. The number of sulfonamides is 1. The fourth-order valence-corrected chi connectivity index (χ4v) is 3.44. The van der Waals surface area contributed by atoms with Gasteiger partial charge in [0.2, 0.25) is 10.0 Å². The average Bonchev–Trinajstić information content (AvgIpc) is 2.34. The van der Waals surface area contributed by atoms with Crippen molar-refractivity contribution in [1.29, 1.82) is 0 Å². The summed E-state index contributed by atoms with van der Waals surface area (Å²) in [6.07, 6.45) is 1.79. The normalized spacial score (nSPS) is 11.8. The third-order valence-electron chi connectivity index (χ3n) is 2.74. The SMILES string of the molecule is COC(=O)CCCCCS(=O)(=O)N(CC(=O)O)C(C)C. The molecule has 0 amide bonds. The number of hydrogen-bond donors (Lipinski definition) is 1. The Hall–Kier alpha value is -1.15. The first-order valence-corrected chi connectivity index (χ1v) is 8.09. The van der Waals surface area contributed by atoms with E-state index in [-0.39, 0.29) is 18.1 Å². The minimum absolute atomic E-state index is 0.111. The molecule has 20 heavy (non-hydrogen) atoms. The number of carboxylic acid groups (broad SMARTS) is 1. The Morgan fingerprint density at radius 1 is 1.20 bits per heavy atom. The van der Waals surface area contributed by atoms with Crippen LogP contribution in [-0.4, -0.2) is 55.2 Å². The number of esters is 1. The molecule has 0 spiro atoms. The van der Waals surface area contributed by atoms with Crippen molar-refractivity contribution in [3.63, 3.8) is 0 Å². The van der Waals surface area contributed by atoms with E-state index in [4.69, 9.17) is 5.11 Å². The summed E-state index contributed by atoms with van der Waals surface area (Å²) in [5.74, 6) is -1.60. The Bertz CT molecular complexity index is 418. The molecule has 0 aromatic rings. The maximum absolute atomic E-state index is 12.0. The van der Waals surface area contributed by atoms with Crippen molar-refractivity contribution in [3.8, 4) is 0 Å². The molecule has 0 aromatic carbocycles. The Balaban J connectivity index is 4.28. The predicted molar refractivity (Wildman–Crippen MR) is 73.7 cm³/mol. The molecule has 8 heteroatoms. The first kappa shape index (κ1) is 18.9. The molecular formula is C12H23NO6S. The van der Waals surface area contributed by atoms with Crippen LogP contribution in [-0.2, 0) is 24.3 Å². The van der Waals surface area contributed by atoms with Crippen LogP contribution in [0.25, 0.3) is 0 Å². The predicted octanol–water partition coefficient (Wildman–Crippen LogP) is 0.845. The van der Waals surface area contributed by atoms with Gasteiger partial charge in [0.05, 0.1) is 12.9 Å². The smallest absolute Gasteiger partial charge is 0.318 e. The van der Waals surface area contributed by atoms with E-state index in [1.54, 1.807) is 13.8 Å². The number of hydrogen-bond acceptors (Lipinski definition) is 5. The Morgan fingerprint density at radius 3 is 2.25 bits per heavy atom. The maximum atomic E-state index is 12.0. The molecule has 0 radical (unpaired) electrons.